The molecule has 1 unspecified atom stereocenters. The number of rotatable bonds is 5. The third-order valence-corrected chi connectivity index (χ3v) is 2.52. The Morgan fingerprint density at radius 1 is 1.53 bits per heavy atom. The Kier molecular flexibility index (Phi) is 4.82. The summed E-state index contributed by atoms with van der Waals surface area (Å²) >= 11 is 5.69. The molecule has 0 aliphatic heterocycles. The molecule has 84 valence electrons. The Hall–Kier alpha value is -0.830. The van der Waals surface area contributed by atoms with Gasteiger partial charge in [0.25, 0.3) is 0 Å². The molecule has 2 nitrogen and oxygen atoms in total. The summed E-state index contributed by atoms with van der Waals surface area (Å²) in [5, 5.41) is 3.08. The second-order valence-electron chi connectivity index (χ2n) is 3.81. The molecule has 0 aliphatic carbocycles. The number of hydrogen-bond donors (Lipinski definition) is 1. The number of alkyl halides is 1. The molecule has 0 saturated carbocycles. The van der Waals surface area contributed by atoms with Crippen molar-refractivity contribution in [1.82, 2.24) is 4.98 Å². The minimum atomic E-state index is -0.322. The number of hydrogen-bond acceptors (Lipinski definition) is 2. The molecule has 0 bridgehead atoms. The Labute approximate surface area is 94.9 Å². The van der Waals surface area contributed by atoms with Crippen molar-refractivity contribution in [1.29, 1.82) is 0 Å². The van der Waals surface area contributed by atoms with Gasteiger partial charge in [-0.1, -0.05) is 13.8 Å². The predicted octanol–water partition coefficient (Wildman–Crippen LogP) is 3.29. The molecule has 1 N–H and O–H groups in total. The molecule has 1 heterocycles. The standard InChI is InChI=1S/C11H16ClFN2/c1-8(2)10(5-6-12)15-11-9(13)4-3-7-14-11/h3-4,7-8,10H,5-6H2,1-2H3,(H,14,15). The van der Waals surface area contributed by atoms with Crippen LogP contribution in [0.1, 0.15) is 20.3 Å². The van der Waals surface area contributed by atoms with Crippen LogP contribution < -0.4 is 5.32 Å². The summed E-state index contributed by atoms with van der Waals surface area (Å²) in [6.07, 6.45) is 2.37. The summed E-state index contributed by atoms with van der Waals surface area (Å²) in [5.41, 5.74) is 0. The number of anilines is 1. The van der Waals surface area contributed by atoms with Gasteiger partial charge in [0.2, 0.25) is 0 Å². The van der Waals surface area contributed by atoms with Crippen LogP contribution in [0.2, 0.25) is 0 Å². The third kappa shape index (κ3) is 3.67. The van der Waals surface area contributed by atoms with E-state index in [4.69, 9.17) is 11.6 Å². The van der Waals surface area contributed by atoms with E-state index in [1.807, 2.05) is 0 Å². The van der Waals surface area contributed by atoms with Crippen molar-refractivity contribution < 1.29 is 4.39 Å². The van der Waals surface area contributed by atoms with E-state index in [2.05, 4.69) is 24.1 Å². The highest BCUT2D eigenvalue weighted by Crippen LogP contribution is 2.16. The second kappa shape index (κ2) is 5.91. The molecule has 1 aromatic rings. The van der Waals surface area contributed by atoms with E-state index >= 15 is 0 Å². The molecule has 1 rings (SSSR count). The zero-order chi connectivity index (χ0) is 11.3. The zero-order valence-electron chi connectivity index (χ0n) is 9.00. The molecule has 1 atom stereocenters. The normalized spacial score (nSPS) is 12.9. The number of nitrogens with one attached hydrogen (secondary N) is 1. The lowest BCUT2D eigenvalue weighted by molar-refractivity contribution is 0.506. The van der Waals surface area contributed by atoms with Crippen molar-refractivity contribution in [3.8, 4) is 0 Å². The number of nitrogens with zero attached hydrogens (tertiary/aromatic N) is 1. The van der Waals surface area contributed by atoms with Crippen molar-refractivity contribution in [2.45, 2.75) is 26.3 Å². The van der Waals surface area contributed by atoms with Gasteiger partial charge in [-0.3, -0.25) is 0 Å². The molecule has 0 aliphatic rings. The van der Waals surface area contributed by atoms with E-state index in [0.717, 1.165) is 6.42 Å². The molecule has 0 radical (unpaired) electrons. The SMILES string of the molecule is CC(C)C(CCCl)Nc1ncccc1F. The van der Waals surface area contributed by atoms with Crippen LogP contribution >= 0.6 is 11.6 Å². The topological polar surface area (TPSA) is 24.9 Å². The smallest absolute Gasteiger partial charge is 0.165 e. The van der Waals surface area contributed by atoms with E-state index in [1.165, 1.54) is 6.07 Å². The van der Waals surface area contributed by atoms with E-state index < -0.39 is 0 Å². The maximum Gasteiger partial charge on any atom is 0.165 e. The number of halogens is 2. The van der Waals surface area contributed by atoms with Gasteiger partial charge in [0.05, 0.1) is 0 Å². The lowest BCUT2D eigenvalue weighted by Gasteiger charge is -2.22. The van der Waals surface area contributed by atoms with E-state index in [1.54, 1.807) is 12.3 Å². The molecule has 0 amide bonds. The van der Waals surface area contributed by atoms with Crippen LogP contribution in [0.25, 0.3) is 0 Å². The molecule has 0 aromatic carbocycles. The molecule has 1 aromatic heterocycles. The van der Waals surface area contributed by atoms with Crippen molar-refractivity contribution in [2.75, 3.05) is 11.2 Å². The first-order valence-electron chi connectivity index (χ1n) is 5.08. The van der Waals surface area contributed by atoms with Gasteiger partial charge in [-0.2, -0.15) is 0 Å². The third-order valence-electron chi connectivity index (χ3n) is 2.31. The van der Waals surface area contributed by atoms with Gasteiger partial charge >= 0.3 is 0 Å². The van der Waals surface area contributed by atoms with Crippen LogP contribution in [0.4, 0.5) is 10.2 Å². The van der Waals surface area contributed by atoms with Crippen molar-refractivity contribution >= 4 is 17.4 Å². The van der Waals surface area contributed by atoms with Gasteiger partial charge in [-0.05, 0) is 24.5 Å². The van der Waals surface area contributed by atoms with Gasteiger partial charge in [-0.15, -0.1) is 11.6 Å². The highest BCUT2D eigenvalue weighted by Gasteiger charge is 2.14. The fourth-order valence-corrected chi connectivity index (χ4v) is 1.59. The maximum absolute atomic E-state index is 13.3. The van der Waals surface area contributed by atoms with Gasteiger partial charge < -0.3 is 5.32 Å². The van der Waals surface area contributed by atoms with Crippen molar-refractivity contribution in [3.63, 3.8) is 0 Å². The highest BCUT2D eigenvalue weighted by atomic mass is 35.5. The molecule has 0 fully saturated rings. The summed E-state index contributed by atoms with van der Waals surface area (Å²) in [4.78, 5) is 3.95. The highest BCUT2D eigenvalue weighted by molar-refractivity contribution is 6.17. The van der Waals surface area contributed by atoms with E-state index in [-0.39, 0.29) is 11.9 Å². The average Bonchev–Trinajstić information content (AvgIpc) is 2.20. The fraction of sp³-hybridized carbons (Fsp3) is 0.545. The zero-order valence-corrected chi connectivity index (χ0v) is 9.76. The number of pyridine rings is 1. The summed E-state index contributed by atoms with van der Waals surface area (Å²) in [6, 6.07) is 3.13. The van der Waals surface area contributed by atoms with Crippen LogP contribution in [0, 0.1) is 11.7 Å². The van der Waals surface area contributed by atoms with Crippen LogP contribution in [-0.2, 0) is 0 Å². The average molecular weight is 231 g/mol. The van der Waals surface area contributed by atoms with Gasteiger partial charge in [-0.25, -0.2) is 9.37 Å². The molecular formula is C11H16ClFN2. The second-order valence-corrected chi connectivity index (χ2v) is 4.18. The lowest BCUT2D eigenvalue weighted by atomic mass is 10.0. The van der Waals surface area contributed by atoms with Crippen molar-refractivity contribution in [2.24, 2.45) is 5.92 Å². The Balaban J connectivity index is 2.69. The van der Waals surface area contributed by atoms with E-state index in [0.29, 0.717) is 17.6 Å². The first kappa shape index (κ1) is 12.2. The minimum Gasteiger partial charge on any atom is -0.365 e. The Bertz CT molecular complexity index is 304. The summed E-state index contributed by atoms with van der Waals surface area (Å²) in [7, 11) is 0. The largest absolute Gasteiger partial charge is 0.365 e. The summed E-state index contributed by atoms with van der Waals surface area (Å²) < 4.78 is 13.3. The maximum atomic E-state index is 13.3. The first-order valence-corrected chi connectivity index (χ1v) is 5.61. The first-order chi connectivity index (χ1) is 7.15. The van der Waals surface area contributed by atoms with Crippen LogP contribution in [-0.4, -0.2) is 16.9 Å². The van der Waals surface area contributed by atoms with Gasteiger partial charge in [0.15, 0.2) is 11.6 Å². The molecule has 15 heavy (non-hydrogen) atoms. The van der Waals surface area contributed by atoms with Gasteiger partial charge in [0, 0.05) is 18.1 Å². The quantitative estimate of drug-likeness (QED) is 0.786. The van der Waals surface area contributed by atoms with Crippen LogP contribution in [0.15, 0.2) is 18.3 Å². The van der Waals surface area contributed by atoms with E-state index in [9.17, 15) is 4.39 Å². The lowest BCUT2D eigenvalue weighted by Crippen LogP contribution is -2.27. The van der Waals surface area contributed by atoms with Crippen LogP contribution in [0.3, 0.4) is 0 Å². The summed E-state index contributed by atoms with van der Waals surface area (Å²) in [6.45, 7) is 4.15. The van der Waals surface area contributed by atoms with Crippen molar-refractivity contribution in [3.05, 3.63) is 24.1 Å². The van der Waals surface area contributed by atoms with Crippen LogP contribution in [0.5, 0.6) is 0 Å². The predicted molar refractivity (Wildman–Crippen MR) is 61.8 cm³/mol. The number of aromatic nitrogens is 1. The summed E-state index contributed by atoms with van der Waals surface area (Å²) in [5.74, 6) is 0.939. The Morgan fingerprint density at radius 2 is 2.27 bits per heavy atom. The monoisotopic (exact) mass is 230 g/mol. The molecule has 0 spiro atoms. The molecule has 0 saturated heterocycles. The fourth-order valence-electron chi connectivity index (χ4n) is 1.36. The minimum absolute atomic E-state index is 0.159. The molecular weight excluding hydrogens is 215 g/mol. The Morgan fingerprint density at radius 3 is 2.80 bits per heavy atom. The molecule has 4 heteroatoms. The van der Waals surface area contributed by atoms with Gasteiger partial charge in [0.1, 0.15) is 0 Å².